The van der Waals surface area contributed by atoms with E-state index in [-0.39, 0.29) is 17.0 Å². The molecular formula is C8H12N6O3S. The van der Waals surface area contributed by atoms with Crippen molar-refractivity contribution in [2.45, 2.75) is 18.9 Å². The highest BCUT2D eigenvalue weighted by Gasteiger charge is 2.18. The Kier molecular flexibility index (Phi) is 3.19. The number of H-pyrrole nitrogens is 2. The van der Waals surface area contributed by atoms with E-state index in [4.69, 9.17) is 4.74 Å². The van der Waals surface area contributed by atoms with Gasteiger partial charge in [0.1, 0.15) is 5.82 Å². The van der Waals surface area contributed by atoms with E-state index in [1.54, 1.807) is 13.8 Å². The lowest BCUT2D eigenvalue weighted by molar-refractivity contribution is 0.314. The largest absolute Gasteiger partial charge is 0.463 e. The van der Waals surface area contributed by atoms with Crippen molar-refractivity contribution in [2.75, 3.05) is 11.3 Å². The van der Waals surface area contributed by atoms with E-state index in [1.165, 1.54) is 6.20 Å². The van der Waals surface area contributed by atoms with E-state index >= 15 is 0 Å². The van der Waals surface area contributed by atoms with E-state index in [0.29, 0.717) is 12.4 Å². The molecule has 18 heavy (non-hydrogen) atoms. The van der Waals surface area contributed by atoms with Gasteiger partial charge in [-0.25, -0.2) is 14.8 Å². The number of hydrogen-bond donors (Lipinski definition) is 3. The second-order valence-electron chi connectivity index (χ2n) is 3.34. The highest BCUT2D eigenvalue weighted by Crippen LogP contribution is 2.12. The van der Waals surface area contributed by atoms with Crippen molar-refractivity contribution >= 4 is 16.0 Å². The lowest BCUT2D eigenvalue weighted by Crippen LogP contribution is -2.14. The predicted octanol–water partition coefficient (Wildman–Crippen LogP) is 0.0357. The van der Waals surface area contributed by atoms with Crippen LogP contribution in [0, 0.1) is 6.92 Å². The van der Waals surface area contributed by atoms with Gasteiger partial charge in [-0.2, -0.15) is 13.4 Å². The summed E-state index contributed by atoms with van der Waals surface area (Å²) in [6, 6.07) is 0.0796. The Morgan fingerprint density at radius 3 is 2.89 bits per heavy atom. The number of imidazole rings is 1. The monoisotopic (exact) mass is 272 g/mol. The minimum absolute atomic E-state index is 0.0225. The summed E-state index contributed by atoms with van der Waals surface area (Å²) >= 11 is 0. The minimum Gasteiger partial charge on any atom is -0.463 e. The molecule has 98 valence electrons. The van der Waals surface area contributed by atoms with E-state index in [1.807, 2.05) is 0 Å². The maximum atomic E-state index is 11.9. The molecule has 0 aliphatic rings. The molecule has 0 fully saturated rings. The third kappa shape index (κ3) is 2.59. The summed E-state index contributed by atoms with van der Waals surface area (Å²) < 4.78 is 31.0. The molecule has 0 saturated heterocycles. The Balaban J connectivity index is 2.17. The van der Waals surface area contributed by atoms with Gasteiger partial charge in [0, 0.05) is 0 Å². The first-order valence-corrected chi connectivity index (χ1v) is 6.59. The first kappa shape index (κ1) is 12.4. The molecule has 2 aromatic heterocycles. The zero-order valence-electron chi connectivity index (χ0n) is 9.76. The molecule has 0 amide bonds. The van der Waals surface area contributed by atoms with E-state index in [0.717, 1.165) is 0 Å². The summed E-state index contributed by atoms with van der Waals surface area (Å²) in [6.45, 7) is 3.82. The highest BCUT2D eigenvalue weighted by atomic mass is 32.2. The number of nitrogens with zero attached hydrogens (tertiary/aromatic N) is 3. The first-order valence-electron chi connectivity index (χ1n) is 5.11. The van der Waals surface area contributed by atoms with Crippen LogP contribution in [0.5, 0.6) is 6.01 Å². The van der Waals surface area contributed by atoms with Crippen molar-refractivity contribution < 1.29 is 13.2 Å². The number of nitrogens with one attached hydrogen (secondary N) is 3. The number of aromatic nitrogens is 5. The summed E-state index contributed by atoms with van der Waals surface area (Å²) in [5, 5.41) is 6.04. The van der Waals surface area contributed by atoms with Gasteiger partial charge in [0.25, 0.3) is 10.0 Å². The van der Waals surface area contributed by atoms with Crippen LogP contribution in [0.3, 0.4) is 0 Å². The van der Waals surface area contributed by atoms with E-state index < -0.39 is 10.0 Å². The van der Waals surface area contributed by atoms with Crippen molar-refractivity contribution in [2.24, 2.45) is 0 Å². The summed E-state index contributed by atoms with van der Waals surface area (Å²) in [5.41, 5.74) is 0. The molecular weight excluding hydrogens is 260 g/mol. The average Bonchev–Trinajstić information content (AvgIpc) is 2.88. The summed E-state index contributed by atoms with van der Waals surface area (Å²) in [4.78, 5) is 10.2. The Hall–Kier alpha value is -2.10. The fraction of sp³-hybridized carbons (Fsp3) is 0.375. The Bertz CT molecular complexity index is 631. The summed E-state index contributed by atoms with van der Waals surface area (Å²) in [6.07, 6.45) is 1.22. The molecule has 0 unspecified atom stereocenters. The van der Waals surface area contributed by atoms with Gasteiger partial charge >= 0.3 is 6.01 Å². The Labute approximate surface area is 103 Å². The van der Waals surface area contributed by atoms with E-state index in [2.05, 4.69) is 29.9 Å². The topological polar surface area (TPSA) is 126 Å². The number of ether oxygens (including phenoxy) is 1. The fourth-order valence-corrected chi connectivity index (χ4v) is 2.13. The van der Waals surface area contributed by atoms with Crippen LogP contribution in [0.4, 0.5) is 5.95 Å². The minimum atomic E-state index is -3.75. The molecule has 0 radical (unpaired) electrons. The third-order valence-electron chi connectivity index (χ3n) is 1.94. The van der Waals surface area contributed by atoms with Crippen molar-refractivity contribution in [3.05, 3.63) is 12.0 Å². The molecule has 3 N–H and O–H groups in total. The maximum absolute atomic E-state index is 11.9. The van der Waals surface area contributed by atoms with Crippen molar-refractivity contribution in [3.8, 4) is 6.01 Å². The predicted molar refractivity (Wildman–Crippen MR) is 61.7 cm³/mol. The van der Waals surface area contributed by atoms with Crippen molar-refractivity contribution in [1.82, 2.24) is 25.1 Å². The van der Waals surface area contributed by atoms with Crippen LogP contribution in [-0.4, -0.2) is 40.2 Å². The van der Waals surface area contributed by atoms with Crippen molar-refractivity contribution in [1.29, 1.82) is 0 Å². The lowest BCUT2D eigenvalue weighted by Gasteiger charge is -2.00. The molecule has 2 heterocycles. The zero-order chi connectivity index (χ0) is 13.2. The Morgan fingerprint density at radius 2 is 2.28 bits per heavy atom. The number of hydrogen-bond acceptors (Lipinski definition) is 6. The average molecular weight is 272 g/mol. The normalized spacial score (nSPS) is 11.4. The molecule has 0 saturated carbocycles. The summed E-state index contributed by atoms with van der Waals surface area (Å²) in [5.74, 6) is 0.480. The number of rotatable bonds is 5. The van der Waals surface area contributed by atoms with Crippen molar-refractivity contribution in [3.63, 3.8) is 0 Å². The van der Waals surface area contributed by atoms with Crippen LogP contribution in [0.1, 0.15) is 12.7 Å². The maximum Gasteiger partial charge on any atom is 0.337 e. The molecule has 0 atom stereocenters. The van der Waals surface area contributed by atoms with Gasteiger partial charge in [-0.1, -0.05) is 0 Å². The van der Waals surface area contributed by atoms with Crippen LogP contribution in [-0.2, 0) is 10.0 Å². The number of aryl methyl sites for hydroxylation is 1. The summed E-state index contributed by atoms with van der Waals surface area (Å²) in [7, 11) is -3.75. The Morgan fingerprint density at radius 1 is 1.50 bits per heavy atom. The van der Waals surface area contributed by atoms with Gasteiger partial charge in [0.2, 0.25) is 5.95 Å². The van der Waals surface area contributed by atoms with Gasteiger partial charge < -0.3 is 9.72 Å². The zero-order valence-corrected chi connectivity index (χ0v) is 10.6. The van der Waals surface area contributed by atoms with Crippen LogP contribution in [0.15, 0.2) is 11.2 Å². The number of sulfonamides is 1. The molecule has 2 aromatic rings. The molecule has 0 aliphatic carbocycles. The first-order chi connectivity index (χ1) is 8.51. The van der Waals surface area contributed by atoms with E-state index in [9.17, 15) is 8.42 Å². The molecule has 0 bridgehead atoms. The fourth-order valence-electron chi connectivity index (χ4n) is 1.20. The van der Waals surface area contributed by atoms with Crippen LogP contribution in [0.25, 0.3) is 0 Å². The lowest BCUT2D eigenvalue weighted by atomic mass is 10.8. The highest BCUT2D eigenvalue weighted by molar-refractivity contribution is 7.92. The van der Waals surface area contributed by atoms with Crippen LogP contribution < -0.4 is 9.46 Å². The molecule has 9 nitrogen and oxygen atoms in total. The van der Waals surface area contributed by atoms with Crippen LogP contribution in [0.2, 0.25) is 0 Å². The molecule has 2 rings (SSSR count). The number of aromatic amines is 2. The van der Waals surface area contributed by atoms with Crippen LogP contribution >= 0.6 is 0 Å². The van der Waals surface area contributed by atoms with Gasteiger partial charge in [0.05, 0.1) is 12.8 Å². The smallest absolute Gasteiger partial charge is 0.337 e. The third-order valence-corrected chi connectivity index (χ3v) is 3.19. The van der Waals surface area contributed by atoms with Gasteiger partial charge in [0.15, 0.2) is 5.03 Å². The standard InChI is InChI=1S/C8H12N6O3S/c1-3-17-8-11-7(12-13-8)14-18(15,16)6-4-9-5(2)10-6/h4H,3H2,1-2H3,(H,9,10)(H2,11,12,13,14). The quantitative estimate of drug-likeness (QED) is 0.705. The number of anilines is 1. The van der Waals surface area contributed by atoms with Gasteiger partial charge in [-0.05, 0) is 13.8 Å². The second kappa shape index (κ2) is 4.64. The molecule has 0 aliphatic heterocycles. The van der Waals surface area contributed by atoms with Gasteiger partial charge in [-0.3, -0.25) is 0 Å². The molecule has 0 spiro atoms. The SMILES string of the molecule is CCOc1n[nH]c(NS(=O)(=O)c2cnc(C)[nH]2)n1. The second-order valence-corrected chi connectivity index (χ2v) is 4.99. The van der Waals surface area contributed by atoms with Gasteiger partial charge in [-0.15, -0.1) is 5.10 Å². The molecule has 10 heteroatoms. The molecule has 0 aromatic carbocycles.